The number of carboxylic acids is 1. The van der Waals surface area contributed by atoms with Gasteiger partial charge in [-0.05, 0) is 6.42 Å². The van der Waals surface area contributed by atoms with Crippen LogP contribution in [0.1, 0.15) is 77.0 Å². The number of unbranched alkanes of at least 4 members (excludes halogenated alkanes) is 10. The van der Waals surface area contributed by atoms with Gasteiger partial charge < -0.3 is 5.11 Å². The van der Waals surface area contributed by atoms with Crippen molar-refractivity contribution < 1.29 is 9.90 Å². The monoisotopic (exact) mass is 258 g/mol. The van der Waals surface area contributed by atoms with Gasteiger partial charge in [0.1, 0.15) is 0 Å². The van der Waals surface area contributed by atoms with E-state index in [1.54, 1.807) is 0 Å². The second kappa shape index (κ2) is 13.8. The van der Waals surface area contributed by atoms with E-state index in [0.717, 1.165) is 12.8 Å². The molecule has 0 aliphatic carbocycles. The molecular weight excluding hydrogens is 228 g/mol. The van der Waals surface area contributed by atoms with Gasteiger partial charge in [0.2, 0.25) is 0 Å². The van der Waals surface area contributed by atoms with E-state index in [1.807, 2.05) is 0 Å². The zero-order chi connectivity index (χ0) is 12.8. The van der Waals surface area contributed by atoms with Crippen LogP contribution in [0, 0.1) is 0 Å². The van der Waals surface area contributed by atoms with E-state index >= 15 is 0 Å². The Hall–Kier alpha value is -0.313. The summed E-state index contributed by atoms with van der Waals surface area (Å²) in [5, 5.41) is 8.48. The van der Waals surface area contributed by atoms with Crippen molar-refractivity contribution in [2.24, 2.45) is 0 Å². The average Bonchev–Trinajstić information content (AvgIpc) is 2.30. The molecule has 1 N–H and O–H groups in total. The van der Waals surface area contributed by atoms with Gasteiger partial charge in [0.05, 0.1) is 0 Å². The molecule has 0 unspecified atom stereocenters. The summed E-state index contributed by atoms with van der Waals surface area (Å²) in [7, 11) is 1.37. The summed E-state index contributed by atoms with van der Waals surface area (Å²) < 4.78 is 0. The first-order valence-corrected chi connectivity index (χ1v) is 8.90. The van der Waals surface area contributed by atoms with Crippen LogP contribution >= 0.6 is 0 Å². The lowest BCUT2D eigenvalue weighted by atomic mass is 10.1. The van der Waals surface area contributed by atoms with Crippen LogP contribution in [0.2, 0.25) is 6.04 Å². The normalized spacial score (nSPS) is 10.8. The molecule has 2 nitrogen and oxygen atoms in total. The number of aliphatic carboxylic acids is 1. The first-order chi connectivity index (χ1) is 8.27. The number of rotatable bonds is 13. The predicted octanol–water partition coefficient (Wildman–Crippen LogP) is 3.54. The first-order valence-electron chi connectivity index (χ1n) is 7.49. The van der Waals surface area contributed by atoms with Crippen LogP contribution in [0.4, 0.5) is 0 Å². The zero-order valence-corrected chi connectivity index (χ0v) is 13.5. The summed E-state index contributed by atoms with van der Waals surface area (Å²) in [5.41, 5.74) is 0. The van der Waals surface area contributed by atoms with Crippen molar-refractivity contribution in [3.8, 4) is 0 Å². The van der Waals surface area contributed by atoms with Gasteiger partial charge >= 0.3 is 5.97 Å². The highest BCUT2D eigenvalue weighted by Crippen LogP contribution is 2.12. The van der Waals surface area contributed by atoms with Gasteiger partial charge in [0, 0.05) is 16.7 Å². The Kier molecular flexibility index (Phi) is 13.5. The molecule has 0 aromatic rings. The van der Waals surface area contributed by atoms with E-state index < -0.39 is 5.97 Å². The highest BCUT2D eigenvalue weighted by atomic mass is 28.1. The molecule has 17 heavy (non-hydrogen) atoms. The minimum atomic E-state index is -0.653. The van der Waals surface area contributed by atoms with Crippen molar-refractivity contribution in [3.63, 3.8) is 0 Å². The predicted molar refractivity (Wildman–Crippen MR) is 77.8 cm³/mol. The minimum Gasteiger partial charge on any atom is -0.481 e. The molecule has 0 aliphatic heterocycles. The van der Waals surface area contributed by atoms with E-state index in [2.05, 4.69) is 0 Å². The highest BCUT2D eigenvalue weighted by molar-refractivity contribution is 6.08. The molecular formula is C14H30O2Si. The van der Waals surface area contributed by atoms with E-state index in [4.69, 9.17) is 5.11 Å². The summed E-state index contributed by atoms with van der Waals surface area (Å²) in [4.78, 5) is 10.3. The lowest BCUT2D eigenvalue weighted by Crippen LogP contribution is -1.93. The highest BCUT2D eigenvalue weighted by Gasteiger charge is 1.96. The maximum absolute atomic E-state index is 10.3. The molecule has 0 bridgehead atoms. The van der Waals surface area contributed by atoms with Gasteiger partial charge in [-0.3, -0.25) is 4.79 Å². The van der Waals surface area contributed by atoms with Gasteiger partial charge in [-0.2, -0.15) is 0 Å². The fraction of sp³-hybridized carbons (Fsp3) is 0.929. The molecule has 0 fully saturated rings. The SMILES string of the molecule is O=C(O)CCCCCCCCCCCCC[SiH3]. The number of carboxylic acid groups (broad SMARTS) is 1. The summed E-state index contributed by atoms with van der Waals surface area (Å²) >= 11 is 0. The van der Waals surface area contributed by atoms with Crippen LogP contribution < -0.4 is 0 Å². The van der Waals surface area contributed by atoms with Crippen LogP contribution in [0.3, 0.4) is 0 Å². The van der Waals surface area contributed by atoms with Crippen LogP contribution in [0.25, 0.3) is 0 Å². The number of hydrogen-bond donors (Lipinski definition) is 1. The molecule has 0 heterocycles. The lowest BCUT2D eigenvalue weighted by Gasteiger charge is -2.02. The molecule has 0 rings (SSSR count). The van der Waals surface area contributed by atoms with Gasteiger partial charge in [0.15, 0.2) is 0 Å². The lowest BCUT2D eigenvalue weighted by molar-refractivity contribution is -0.137. The van der Waals surface area contributed by atoms with Gasteiger partial charge in [-0.15, -0.1) is 0 Å². The Morgan fingerprint density at radius 2 is 1.06 bits per heavy atom. The average molecular weight is 258 g/mol. The van der Waals surface area contributed by atoms with Gasteiger partial charge in [0.25, 0.3) is 0 Å². The third kappa shape index (κ3) is 15.7. The topological polar surface area (TPSA) is 37.3 Å². The second-order valence-corrected chi connectivity index (χ2v) is 6.03. The molecule has 0 aliphatic rings. The summed E-state index contributed by atoms with van der Waals surface area (Å²) in [6, 6.07) is 1.47. The standard InChI is InChI=1S/C14H30O2Si/c15-14(16)12-10-8-6-4-2-1-3-5-7-9-11-13-17/h1-13H2,17H3,(H,15,16). The number of hydrogen-bond acceptors (Lipinski definition) is 1. The Balaban J connectivity index is 2.91. The number of carbonyl (C=O) groups is 1. The molecule has 3 heteroatoms. The molecule has 102 valence electrons. The van der Waals surface area contributed by atoms with Crippen LogP contribution in [-0.2, 0) is 4.79 Å². The Bertz CT molecular complexity index is 172. The van der Waals surface area contributed by atoms with Crippen LogP contribution in [-0.4, -0.2) is 21.3 Å². The second-order valence-electron chi connectivity index (χ2n) is 5.03. The quantitative estimate of drug-likeness (QED) is 0.405. The maximum atomic E-state index is 10.3. The molecule has 0 saturated carbocycles. The molecule has 0 amide bonds. The van der Waals surface area contributed by atoms with Crippen molar-refractivity contribution in [1.82, 2.24) is 0 Å². The smallest absolute Gasteiger partial charge is 0.303 e. The fourth-order valence-corrected chi connectivity index (χ4v) is 2.62. The van der Waals surface area contributed by atoms with Gasteiger partial charge in [-0.1, -0.05) is 70.3 Å². The maximum Gasteiger partial charge on any atom is 0.303 e. The zero-order valence-electron chi connectivity index (χ0n) is 11.5. The molecule has 0 saturated heterocycles. The van der Waals surface area contributed by atoms with E-state index in [-0.39, 0.29) is 0 Å². The molecule has 0 spiro atoms. The van der Waals surface area contributed by atoms with Crippen molar-refractivity contribution >= 4 is 16.2 Å². The largest absolute Gasteiger partial charge is 0.481 e. The first kappa shape index (κ1) is 16.7. The van der Waals surface area contributed by atoms with Gasteiger partial charge in [-0.25, -0.2) is 0 Å². The fourth-order valence-electron chi connectivity index (χ4n) is 2.12. The van der Waals surface area contributed by atoms with Crippen molar-refractivity contribution in [2.45, 2.75) is 83.1 Å². The molecule has 0 atom stereocenters. The Morgan fingerprint density at radius 1 is 0.706 bits per heavy atom. The third-order valence-electron chi connectivity index (χ3n) is 3.24. The molecule has 0 radical (unpaired) electrons. The minimum absolute atomic E-state index is 0.348. The van der Waals surface area contributed by atoms with Crippen LogP contribution in [0.15, 0.2) is 0 Å². The van der Waals surface area contributed by atoms with Crippen molar-refractivity contribution in [1.29, 1.82) is 0 Å². The van der Waals surface area contributed by atoms with E-state index in [9.17, 15) is 4.79 Å². The van der Waals surface area contributed by atoms with Crippen molar-refractivity contribution in [2.75, 3.05) is 0 Å². The molecule has 0 aromatic heterocycles. The van der Waals surface area contributed by atoms with Crippen LogP contribution in [0.5, 0.6) is 0 Å². The van der Waals surface area contributed by atoms with E-state index in [0.29, 0.717) is 6.42 Å². The Labute approximate surface area is 110 Å². The summed E-state index contributed by atoms with van der Waals surface area (Å²) in [6.45, 7) is 0. The van der Waals surface area contributed by atoms with Crippen molar-refractivity contribution in [3.05, 3.63) is 0 Å². The van der Waals surface area contributed by atoms with E-state index in [1.165, 1.54) is 74.1 Å². The Morgan fingerprint density at radius 3 is 1.41 bits per heavy atom. The molecule has 0 aromatic carbocycles. The summed E-state index contributed by atoms with van der Waals surface area (Å²) in [5.74, 6) is -0.653. The summed E-state index contributed by atoms with van der Waals surface area (Å²) in [6.07, 6.45) is 14.7. The third-order valence-corrected chi connectivity index (χ3v) is 3.95.